The van der Waals surface area contributed by atoms with Crippen molar-refractivity contribution in [2.24, 2.45) is 0 Å². The minimum Gasteiger partial charge on any atom is -0.448 e. The zero-order valence-electron chi connectivity index (χ0n) is 14.6. The van der Waals surface area contributed by atoms with Crippen molar-refractivity contribution in [2.45, 2.75) is 38.0 Å². The minimum atomic E-state index is -0.287. The highest BCUT2D eigenvalue weighted by atomic mass is 16.3. The van der Waals surface area contributed by atoms with E-state index in [-0.39, 0.29) is 11.8 Å². The molecule has 6 heteroatoms. The van der Waals surface area contributed by atoms with E-state index in [1.807, 2.05) is 12.1 Å². The molecule has 0 spiro atoms. The molecule has 0 unspecified atom stereocenters. The summed E-state index contributed by atoms with van der Waals surface area (Å²) in [6.45, 7) is 0. The number of hydrogen-bond donors (Lipinski definition) is 1. The summed E-state index contributed by atoms with van der Waals surface area (Å²) in [4.78, 5) is 29.9. The standard InChI is InChI=1S/C19H23N3O3/c1-22(2)17(23)11-13-7-9-15(10-8-13)20-18(24)16-12-25-19(21-16)14-5-3-4-6-14/h7-10,12,14H,3-6,11H2,1-2H3,(H,20,24). The molecule has 1 saturated carbocycles. The number of amides is 2. The molecule has 1 heterocycles. The summed E-state index contributed by atoms with van der Waals surface area (Å²) < 4.78 is 5.48. The lowest BCUT2D eigenvalue weighted by molar-refractivity contribution is -0.127. The molecular formula is C19H23N3O3. The van der Waals surface area contributed by atoms with Crippen LogP contribution in [-0.2, 0) is 11.2 Å². The van der Waals surface area contributed by atoms with Gasteiger partial charge in [-0.1, -0.05) is 25.0 Å². The van der Waals surface area contributed by atoms with Crippen LogP contribution in [0.1, 0.15) is 53.5 Å². The average molecular weight is 341 g/mol. The van der Waals surface area contributed by atoms with Crippen molar-refractivity contribution >= 4 is 17.5 Å². The van der Waals surface area contributed by atoms with Crippen molar-refractivity contribution in [1.82, 2.24) is 9.88 Å². The number of carbonyl (C=O) groups is 2. The first-order valence-electron chi connectivity index (χ1n) is 8.59. The summed E-state index contributed by atoms with van der Waals surface area (Å²) in [7, 11) is 3.46. The zero-order valence-corrected chi connectivity index (χ0v) is 14.6. The molecule has 3 rings (SSSR count). The zero-order chi connectivity index (χ0) is 17.8. The molecule has 0 aliphatic heterocycles. The van der Waals surface area contributed by atoms with Gasteiger partial charge in [-0.3, -0.25) is 9.59 Å². The molecule has 1 fully saturated rings. The van der Waals surface area contributed by atoms with E-state index in [1.54, 1.807) is 31.1 Å². The molecule has 0 atom stereocenters. The Morgan fingerprint density at radius 1 is 1.20 bits per heavy atom. The summed E-state index contributed by atoms with van der Waals surface area (Å²) in [6.07, 6.45) is 6.31. The van der Waals surface area contributed by atoms with Gasteiger partial charge in [0.1, 0.15) is 6.26 Å². The minimum absolute atomic E-state index is 0.0406. The summed E-state index contributed by atoms with van der Waals surface area (Å²) in [6, 6.07) is 7.25. The quantitative estimate of drug-likeness (QED) is 0.906. The van der Waals surface area contributed by atoms with Gasteiger partial charge < -0.3 is 14.6 Å². The molecule has 2 amide bonds. The lowest BCUT2D eigenvalue weighted by Crippen LogP contribution is -2.23. The average Bonchev–Trinajstić information content (AvgIpc) is 3.27. The Bertz CT molecular complexity index is 744. The van der Waals surface area contributed by atoms with E-state index < -0.39 is 0 Å². The first kappa shape index (κ1) is 17.2. The highest BCUT2D eigenvalue weighted by Gasteiger charge is 2.23. The molecule has 1 N–H and O–H groups in total. The monoisotopic (exact) mass is 341 g/mol. The third-order valence-electron chi connectivity index (χ3n) is 4.52. The molecule has 1 aromatic heterocycles. The Balaban J connectivity index is 1.60. The fraction of sp³-hybridized carbons (Fsp3) is 0.421. The number of anilines is 1. The van der Waals surface area contributed by atoms with Crippen molar-refractivity contribution in [3.8, 4) is 0 Å². The van der Waals surface area contributed by atoms with Crippen LogP contribution in [0.4, 0.5) is 5.69 Å². The number of rotatable bonds is 5. The van der Waals surface area contributed by atoms with Gasteiger partial charge in [0, 0.05) is 25.7 Å². The Morgan fingerprint density at radius 2 is 1.88 bits per heavy atom. The molecule has 1 aliphatic carbocycles. The fourth-order valence-corrected chi connectivity index (χ4v) is 2.99. The van der Waals surface area contributed by atoms with Gasteiger partial charge in [0.2, 0.25) is 5.91 Å². The van der Waals surface area contributed by atoms with E-state index in [0.717, 1.165) is 18.4 Å². The van der Waals surface area contributed by atoms with Crippen molar-refractivity contribution < 1.29 is 14.0 Å². The van der Waals surface area contributed by atoms with Crippen LogP contribution in [-0.4, -0.2) is 35.8 Å². The van der Waals surface area contributed by atoms with Gasteiger partial charge in [-0.2, -0.15) is 0 Å². The predicted molar refractivity (Wildman–Crippen MR) is 94.5 cm³/mol. The van der Waals surface area contributed by atoms with Crippen LogP contribution in [0.2, 0.25) is 0 Å². The van der Waals surface area contributed by atoms with Crippen LogP contribution in [0.25, 0.3) is 0 Å². The Labute approximate surface area is 147 Å². The smallest absolute Gasteiger partial charge is 0.277 e. The van der Waals surface area contributed by atoms with Gasteiger partial charge >= 0.3 is 0 Å². The number of nitrogens with one attached hydrogen (secondary N) is 1. The Morgan fingerprint density at radius 3 is 2.52 bits per heavy atom. The van der Waals surface area contributed by atoms with Gasteiger partial charge in [-0.15, -0.1) is 0 Å². The van der Waals surface area contributed by atoms with Gasteiger partial charge in [-0.25, -0.2) is 4.98 Å². The molecule has 0 radical (unpaired) electrons. The third-order valence-corrected chi connectivity index (χ3v) is 4.52. The largest absolute Gasteiger partial charge is 0.448 e. The number of carbonyl (C=O) groups excluding carboxylic acids is 2. The van der Waals surface area contributed by atoms with E-state index >= 15 is 0 Å². The predicted octanol–water partition coefficient (Wildman–Crippen LogP) is 3.22. The Kier molecular flexibility index (Phi) is 5.16. The molecule has 1 aliphatic rings. The first-order chi connectivity index (χ1) is 12.0. The lowest BCUT2D eigenvalue weighted by Gasteiger charge is -2.10. The van der Waals surface area contributed by atoms with Crippen LogP contribution >= 0.6 is 0 Å². The number of hydrogen-bond acceptors (Lipinski definition) is 4. The molecule has 25 heavy (non-hydrogen) atoms. The second-order valence-corrected chi connectivity index (χ2v) is 6.67. The van der Waals surface area contributed by atoms with E-state index in [4.69, 9.17) is 4.42 Å². The number of likely N-dealkylation sites (N-methyl/N-ethyl adjacent to an activating group) is 1. The second kappa shape index (κ2) is 7.51. The summed E-state index contributed by atoms with van der Waals surface area (Å²) in [5.74, 6) is 0.763. The molecule has 132 valence electrons. The third kappa shape index (κ3) is 4.26. The topological polar surface area (TPSA) is 75.4 Å². The van der Waals surface area contributed by atoms with Crippen molar-refractivity contribution in [1.29, 1.82) is 0 Å². The molecule has 0 saturated heterocycles. The number of oxazole rings is 1. The maximum absolute atomic E-state index is 12.3. The van der Waals surface area contributed by atoms with Crippen molar-refractivity contribution in [3.05, 3.63) is 47.7 Å². The number of benzene rings is 1. The normalized spacial score (nSPS) is 14.5. The van der Waals surface area contributed by atoms with Crippen LogP contribution in [0.3, 0.4) is 0 Å². The van der Waals surface area contributed by atoms with Gasteiger partial charge in [0.05, 0.1) is 6.42 Å². The van der Waals surface area contributed by atoms with Crippen LogP contribution < -0.4 is 5.32 Å². The summed E-state index contributed by atoms with van der Waals surface area (Å²) in [5, 5.41) is 2.81. The summed E-state index contributed by atoms with van der Waals surface area (Å²) in [5.41, 5.74) is 1.87. The van der Waals surface area contributed by atoms with Crippen molar-refractivity contribution in [3.63, 3.8) is 0 Å². The molecule has 1 aromatic carbocycles. The van der Waals surface area contributed by atoms with Crippen LogP contribution in [0.15, 0.2) is 34.9 Å². The fourth-order valence-electron chi connectivity index (χ4n) is 2.99. The Hall–Kier alpha value is -2.63. The molecule has 2 aromatic rings. The SMILES string of the molecule is CN(C)C(=O)Cc1ccc(NC(=O)c2coc(C3CCCC3)n2)cc1. The van der Waals surface area contributed by atoms with Crippen LogP contribution in [0, 0.1) is 0 Å². The molecule has 0 bridgehead atoms. The number of nitrogens with zero attached hydrogens (tertiary/aromatic N) is 2. The first-order valence-corrected chi connectivity index (χ1v) is 8.59. The van der Waals surface area contributed by atoms with E-state index in [1.165, 1.54) is 19.1 Å². The summed E-state index contributed by atoms with van der Waals surface area (Å²) >= 11 is 0. The highest BCUT2D eigenvalue weighted by Crippen LogP contribution is 2.33. The van der Waals surface area contributed by atoms with E-state index in [9.17, 15) is 9.59 Å². The van der Waals surface area contributed by atoms with Gasteiger partial charge in [-0.05, 0) is 30.5 Å². The van der Waals surface area contributed by atoms with Crippen molar-refractivity contribution in [2.75, 3.05) is 19.4 Å². The second-order valence-electron chi connectivity index (χ2n) is 6.67. The lowest BCUT2D eigenvalue weighted by atomic mass is 10.1. The maximum Gasteiger partial charge on any atom is 0.277 e. The molecule has 6 nitrogen and oxygen atoms in total. The maximum atomic E-state index is 12.3. The molecular weight excluding hydrogens is 318 g/mol. The van der Waals surface area contributed by atoms with Crippen LogP contribution in [0.5, 0.6) is 0 Å². The number of aromatic nitrogens is 1. The highest BCUT2D eigenvalue weighted by molar-refractivity contribution is 6.02. The van der Waals surface area contributed by atoms with Gasteiger partial charge in [0.15, 0.2) is 11.6 Å². The van der Waals surface area contributed by atoms with E-state index in [2.05, 4.69) is 10.3 Å². The van der Waals surface area contributed by atoms with Gasteiger partial charge in [0.25, 0.3) is 5.91 Å². The van der Waals surface area contributed by atoms with E-state index in [0.29, 0.717) is 29.6 Å².